The number of carbonyl (C=O) groups excluding carboxylic acids is 5. The zero-order valence-corrected chi connectivity index (χ0v) is 16.3. The quantitative estimate of drug-likeness (QED) is 0.570. The van der Waals surface area contributed by atoms with Gasteiger partial charge >= 0.3 is 12.0 Å². The van der Waals surface area contributed by atoms with Crippen LogP contribution in [0.25, 0.3) is 0 Å². The lowest BCUT2D eigenvalue weighted by Gasteiger charge is -2.15. The van der Waals surface area contributed by atoms with Crippen molar-refractivity contribution in [1.29, 1.82) is 0 Å². The number of hydrogen-bond donors (Lipinski definition) is 2. The minimum absolute atomic E-state index is 0.0137. The van der Waals surface area contributed by atoms with Crippen LogP contribution in [0.15, 0.2) is 48.5 Å². The predicted octanol–water partition coefficient (Wildman–Crippen LogP) is 1.48. The summed E-state index contributed by atoms with van der Waals surface area (Å²) in [6, 6.07) is 12.1. The molecule has 1 aliphatic rings. The van der Waals surface area contributed by atoms with Crippen molar-refractivity contribution >= 4 is 29.7 Å². The van der Waals surface area contributed by atoms with Crippen LogP contribution in [0.1, 0.15) is 43.6 Å². The first kappa shape index (κ1) is 20.7. The third kappa shape index (κ3) is 4.19. The van der Waals surface area contributed by atoms with Gasteiger partial charge in [0.15, 0.2) is 6.10 Å². The molecule has 0 fully saturated rings. The summed E-state index contributed by atoms with van der Waals surface area (Å²) in [7, 11) is 1.35. The topological polar surface area (TPSA) is 122 Å². The van der Waals surface area contributed by atoms with E-state index < -0.39 is 35.8 Å². The number of fused-ring (bicyclic) bond motifs is 1. The highest BCUT2D eigenvalue weighted by Gasteiger charge is 2.35. The van der Waals surface area contributed by atoms with E-state index in [1.807, 2.05) is 5.32 Å². The number of hydrogen-bond acceptors (Lipinski definition) is 6. The van der Waals surface area contributed by atoms with Crippen LogP contribution < -0.4 is 10.6 Å². The summed E-state index contributed by atoms with van der Waals surface area (Å²) in [5.41, 5.74) is 1.37. The van der Waals surface area contributed by atoms with Crippen molar-refractivity contribution in [3.8, 4) is 0 Å². The molecule has 3 rings (SSSR count). The number of benzene rings is 2. The van der Waals surface area contributed by atoms with E-state index in [9.17, 15) is 24.0 Å². The van der Waals surface area contributed by atoms with Gasteiger partial charge in [0.1, 0.15) is 0 Å². The molecule has 2 aromatic carbocycles. The molecule has 0 bridgehead atoms. The number of esters is 1. The lowest BCUT2D eigenvalue weighted by molar-refractivity contribution is -0.127. The van der Waals surface area contributed by atoms with Crippen LogP contribution in [-0.2, 0) is 16.1 Å². The number of amides is 5. The van der Waals surface area contributed by atoms with Gasteiger partial charge in [-0.1, -0.05) is 24.3 Å². The fourth-order valence-corrected chi connectivity index (χ4v) is 2.92. The Bertz CT molecular complexity index is 1010. The largest absolute Gasteiger partial charge is 0.449 e. The van der Waals surface area contributed by atoms with Gasteiger partial charge in [-0.25, -0.2) is 9.59 Å². The molecule has 1 heterocycles. The molecular weight excluding hydrogens is 390 g/mol. The first-order chi connectivity index (χ1) is 14.3. The molecule has 0 saturated heterocycles. The van der Waals surface area contributed by atoms with E-state index >= 15 is 0 Å². The molecular formula is C21H19N3O6. The van der Waals surface area contributed by atoms with Crippen molar-refractivity contribution in [2.45, 2.75) is 19.6 Å². The molecule has 0 unspecified atom stereocenters. The van der Waals surface area contributed by atoms with Crippen LogP contribution in [0.2, 0.25) is 0 Å². The number of urea groups is 1. The van der Waals surface area contributed by atoms with Gasteiger partial charge in [-0.3, -0.25) is 24.6 Å². The summed E-state index contributed by atoms with van der Waals surface area (Å²) in [4.78, 5) is 61.5. The van der Waals surface area contributed by atoms with E-state index in [1.54, 1.807) is 36.4 Å². The minimum atomic E-state index is -1.20. The maximum absolute atomic E-state index is 12.5. The molecule has 5 amide bonds. The molecule has 2 N–H and O–H groups in total. The SMILES string of the molecule is CNC(=O)NC(=O)[C@H](C)OC(=O)c1cccc(CN2C(=O)c3ccccc3C2=O)c1. The second kappa shape index (κ2) is 8.56. The van der Waals surface area contributed by atoms with Crippen LogP contribution >= 0.6 is 0 Å². The lowest BCUT2D eigenvalue weighted by Crippen LogP contribution is -2.43. The predicted molar refractivity (Wildman–Crippen MR) is 105 cm³/mol. The van der Waals surface area contributed by atoms with Crippen molar-refractivity contribution in [3.05, 3.63) is 70.8 Å². The average molecular weight is 409 g/mol. The van der Waals surface area contributed by atoms with Gasteiger partial charge < -0.3 is 10.1 Å². The van der Waals surface area contributed by atoms with Gasteiger partial charge in [-0.05, 0) is 36.8 Å². The fraction of sp³-hybridized carbons (Fsp3) is 0.190. The number of imide groups is 2. The number of ether oxygens (including phenoxy) is 1. The van der Waals surface area contributed by atoms with Crippen LogP contribution in [0.4, 0.5) is 4.79 Å². The van der Waals surface area contributed by atoms with Crippen molar-refractivity contribution in [1.82, 2.24) is 15.5 Å². The van der Waals surface area contributed by atoms with Gasteiger partial charge in [0.2, 0.25) is 0 Å². The van der Waals surface area contributed by atoms with Crippen LogP contribution in [-0.4, -0.2) is 47.8 Å². The molecule has 1 atom stereocenters. The molecule has 0 radical (unpaired) electrons. The summed E-state index contributed by atoms with van der Waals surface area (Å²) < 4.78 is 5.08. The van der Waals surface area contributed by atoms with E-state index in [4.69, 9.17) is 4.74 Å². The molecule has 1 aliphatic heterocycles. The maximum Gasteiger partial charge on any atom is 0.338 e. The highest BCUT2D eigenvalue weighted by molar-refractivity contribution is 6.21. The Morgan fingerprint density at radius 3 is 2.23 bits per heavy atom. The van der Waals surface area contributed by atoms with Crippen molar-refractivity contribution < 1.29 is 28.7 Å². The Kier molecular flexibility index (Phi) is 5.91. The molecule has 0 spiro atoms. The highest BCUT2D eigenvalue weighted by Crippen LogP contribution is 2.24. The Hall–Kier alpha value is -4.01. The van der Waals surface area contributed by atoms with Gasteiger partial charge in [-0.2, -0.15) is 0 Å². The number of nitrogens with one attached hydrogen (secondary N) is 2. The van der Waals surface area contributed by atoms with E-state index in [0.29, 0.717) is 16.7 Å². The van der Waals surface area contributed by atoms with Crippen molar-refractivity contribution in [2.75, 3.05) is 7.05 Å². The second-order valence-corrected chi connectivity index (χ2v) is 6.56. The van der Waals surface area contributed by atoms with E-state index in [0.717, 1.165) is 4.90 Å². The molecule has 0 aromatic heterocycles. The van der Waals surface area contributed by atoms with Crippen LogP contribution in [0, 0.1) is 0 Å². The molecule has 0 saturated carbocycles. The normalized spacial score (nSPS) is 13.5. The Morgan fingerprint density at radius 2 is 1.63 bits per heavy atom. The number of nitrogens with zero attached hydrogens (tertiary/aromatic N) is 1. The van der Waals surface area contributed by atoms with Gasteiger partial charge in [0, 0.05) is 7.05 Å². The number of carbonyl (C=O) groups is 5. The summed E-state index contributed by atoms with van der Waals surface area (Å²) >= 11 is 0. The summed E-state index contributed by atoms with van der Waals surface area (Å²) in [5.74, 6) is -2.35. The summed E-state index contributed by atoms with van der Waals surface area (Å²) in [6.07, 6.45) is -1.20. The Morgan fingerprint density at radius 1 is 1.00 bits per heavy atom. The zero-order valence-electron chi connectivity index (χ0n) is 16.3. The lowest BCUT2D eigenvalue weighted by atomic mass is 10.1. The second-order valence-electron chi connectivity index (χ2n) is 6.56. The smallest absolute Gasteiger partial charge is 0.338 e. The average Bonchev–Trinajstić information content (AvgIpc) is 2.98. The Balaban J connectivity index is 1.69. The molecule has 30 heavy (non-hydrogen) atoms. The fourth-order valence-electron chi connectivity index (χ4n) is 2.92. The highest BCUT2D eigenvalue weighted by atomic mass is 16.5. The van der Waals surface area contributed by atoms with Gasteiger partial charge in [0.25, 0.3) is 17.7 Å². The van der Waals surface area contributed by atoms with Gasteiger partial charge in [0.05, 0.1) is 23.2 Å². The minimum Gasteiger partial charge on any atom is -0.449 e. The summed E-state index contributed by atoms with van der Waals surface area (Å²) in [5, 5.41) is 4.24. The van der Waals surface area contributed by atoms with E-state index in [1.165, 1.54) is 26.1 Å². The molecule has 154 valence electrons. The molecule has 0 aliphatic carbocycles. The van der Waals surface area contributed by atoms with Crippen molar-refractivity contribution in [3.63, 3.8) is 0 Å². The third-order valence-corrected chi connectivity index (χ3v) is 4.50. The first-order valence-electron chi connectivity index (χ1n) is 9.09. The molecule has 2 aromatic rings. The zero-order chi connectivity index (χ0) is 21.8. The van der Waals surface area contributed by atoms with Crippen LogP contribution in [0.5, 0.6) is 0 Å². The summed E-state index contributed by atoms with van der Waals surface area (Å²) in [6.45, 7) is 1.32. The molecule has 9 nitrogen and oxygen atoms in total. The van der Waals surface area contributed by atoms with Crippen molar-refractivity contribution in [2.24, 2.45) is 0 Å². The van der Waals surface area contributed by atoms with Crippen LogP contribution in [0.3, 0.4) is 0 Å². The van der Waals surface area contributed by atoms with E-state index in [2.05, 4.69) is 5.32 Å². The standard InChI is InChI=1S/C21H19N3O6/c1-12(17(25)23-21(29)22-2)30-20(28)14-7-5-6-13(10-14)11-24-18(26)15-8-3-4-9-16(15)19(24)27/h3-10,12H,11H2,1-2H3,(H2,22,23,25,29)/t12-/m0/s1. The maximum atomic E-state index is 12.5. The van der Waals surface area contributed by atoms with E-state index in [-0.39, 0.29) is 12.1 Å². The third-order valence-electron chi connectivity index (χ3n) is 4.50. The number of rotatable bonds is 5. The van der Waals surface area contributed by atoms with Gasteiger partial charge in [-0.15, -0.1) is 0 Å². The molecule has 9 heteroatoms. The Labute approximate surface area is 172 Å². The first-order valence-corrected chi connectivity index (χ1v) is 9.09. The monoisotopic (exact) mass is 409 g/mol.